The van der Waals surface area contributed by atoms with Crippen molar-refractivity contribution in [3.05, 3.63) is 64.3 Å². The van der Waals surface area contributed by atoms with E-state index in [1.54, 1.807) is 52.1 Å². The van der Waals surface area contributed by atoms with Crippen molar-refractivity contribution in [2.75, 3.05) is 38.0 Å². The van der Waals surface area contributed by atoms with Crippen LogP contribution in [0.15, 0.2) is 36.5 Å². The Kier molecular flexibility index (Phi) is 12.1. The van der Waals surface area contributed by atoms with Gasteiger partial charge in [-0.1, -0.05) is 12.1 Å². The first-order valence-corrected chi connectivity index (χ1v) is 18.8. The van der Waals surface area contributed by atoms with Crippen LogP contribution in [0, 0.1) is 0 Å². The zero-order valence-corrected chi connectivity index (χ0v) is 30.6. The van der Waals surface area contributed by atoms with Gasteiger partial charge in [0.05, 0.1) is 43.4 Å². The average molecular weight is 749 g/mol. The molecule has 0 spiro atoms. The van der Waals surface area contributed by atoms with Crippen LogP contribution in [0.25, 0.3) is 0 Å². The molecule has 13 nitrogen and oxygen atoms in total. The molecule has 52 heavy (non-hydrogen) atoms. The summed E-state index contributed by atoms with van der Waals surface area (Å²) in [5.74, 6) is -1.15. The van der Waals surface area contributed by atoms with Crippen LogP contribution in [-0.2, 0) is 42.0 Å². The Morgan fingerprint density at radius 1 is 1.08 bits per heavy atom. The van der Waals surface area contributed by atoms with Gasteiger partial charge in [0, 0.05) is 19.8 Å². The Balaban J connectivity index is 1.42. The lowest BCUT2D eigenvalue weighted by Gasteiger charge is -2.30. The van der Waals surface area contributed by atoms with Crippen molar-refractivity contribution >= 4 is 42.6 Å². The van der Waals surface area contributed by atoms with Crippen molar-refractivity contribution in [2.24, 2.45) is 5.73 Å². The van der Waals surface area contributed by atoms with Crippen LogP contribution in [0.3, 0.4) is 0 Å². The van der Waals surface area contributed by atoms with Crippen molar-refractivity contribution < 1.29 is 45.8 Å². The van der Waals surface area contributed by atoms with Crippen LogP contribution in [0.4, 0.5) is 36.3 Å². The summed E-state index contributed by atoms with van der Waals surface area (Å²) in [4.78, 5) is 35.1. The quantitative estimate of drug-likeness (QED) is 0.112. The summed E-state index contributed by atoms with van der Waals surface area (Å²) in [5.41, 5.74) is 7.57. The van der Waals surface area contributed by atoms with E-state index in [1.165, 1.54) is 12.0 Å². The monoisotopic (exact) mass is 748 g/mol. The summed E-state index contributed by atoms with van der Waals surface area (Å²) in [7, 11) is -0.362. The Labute approximate surface area is 300 Å². The number of nitrogens with two attached hydrogens (primary N) is 1. The van der Waals surface area contributed by atoms with E-state index in [2.05, 4.69) is 20.6 Å². The van der Waals surface area contributed by atoms with Crippen molar-refractivity contribution in [3.8, 4) is 5.75 Å². The van der Waals surface area contributed by atoms with Gasteiger partial charge < -0.3 is 39.8 Å². The molecule has 3 aromatic rings. The second-order valence-corrected chi connectivity index (χ2v) is 14.8. The van der Waals surface area contributed by atoms with Gasteiger partial charge in [-0.05, 0) is 87.3 Å². The molecule has 2 aromatic carbocycles. The number of rotatable bonds is 14. The van der Waals surface area contributed by atoms with Crippen molar-refractivity contribution in [3.63, 3.8) is 0 Å². The molecular formula is C35H44F3N6O7P. The minimum atomic E-state index is -4.82. The van der Waals surface area contributed by atoms with Crippen molar-refractivity contribution in [2.45, 2.75) is 83.4 Å². The molecule has 0 radical (unpaired) electrons. The number of fused-ring (bicyclic) bond motifs is 1. The third-order valence-electron chi connectivity index (χ3n) is 8.96. The molecule has 282 valence electrons. The Bertz CT molecular complexity index is 1830. The van der Waals surface area contributed by atoms with Gasteiger partial charge in [0.1, 0.15) is 29.3 Å². The van der Waals surface area contributed by atoms with Crippen LogP contribution in [0.1, 0.15) is 85.0 Å². The Hall–Kier alpha value is -4.24. The smallest absolute Gasteiger partial charge is 0.421 e. The summed E-state index contributed by atoms with van der Waals surface area (Å²) in [6.45, 7) is 5.69. The number of esters is 1. The van der Waals surface area contributed by atoms with Gasteiger partial charge in [0.15, 0.2) is 0 Å². The molecule has 4 N–H and O–H groups in total. The number of aromatic nitrogens is 2. The van der Waals surface area contributed by atoms with E-state index in [4.69, 9.17) is 24.3 Å². The number of nitrogens with zero attached hydrogens (tertiary/aromatic N) is 3. The highest BCUT2D eigenvalue weighted by Crippen LogP contribution is 2.52. The Morgan fingerprint density at radius 3 is 2.37 bits per heavy atom. The standard InChI is InChI=1S/C35H44F3N6O7P/c1-6-49-52(47,50-7-2)19-21-8-14-27(29(16-21)48-5)42-34-40-17-26(35(36,37)38)31(43-34)41-28-15-13-24(25-18-44(4)32(45)30(25)28)22-9-11-23(12-10-22)51-33(46)20(3)39/h8,13-17,20,22-23H,6-7,9-12,18-19,39H2,1-5H3,(H2,40,41,42,43). The van der Waals surface area contributed by atoms with Gasteiger partial charge in [-0.3, -0.25) is 14.2 Å². The largest absolute Gasteiger partial charge is 0.495 e. The highest BCUT2D eigenvalue weighted by Gasteiger charge is 2.38. The predicted octanol–water partition coefficient (Wildman–Crippen LogP) is 7.26. The number of nitrogens with one attached hydrogen (secondary N) is 2. The van der Waals surface area contributed by atoms with Crippen molar-refractivity contribution in [1.29, 1.82) is 0 Å². The van der Waals surface area contributed by atoms with Gasteiger partial charge in [-0.2, -0.15) is 18.2 Å². The lowest BCUT2D eigenvalue weighted by atomic mass is 9.80. The molecule has 1 aromatic heterocycles. The molecule has 2 heterocycles. The third-order valence-corrected chi connectivity index (χ3v) is 11.0. The number of alkyl halides is 3. The summed E-state index contributed by atoms with van der Waals surface area (Å²) in [5, 5.41) is 5.71. The first kappa shape index (κ1) is 39.0. The summed E-state index contributed by atoms with van der Waals surface area (Å²) < 4.78 is 77.7. The normalized spacial score (nSPS) is 18.2. The molecule has 0 bridgehead atoms. The van der Waals surface area contributed by atoms with Crippen LogP contribution in [-0.4, -0.2) is 66.3 Å². The van der Waals surface area contributed by atoms with E-state index >= 15 is 0 Å². The topological polar surface area (TPSA) is 167 Å². The first-order valence-electron chi connectivity index (χ1n) is 17.1. The maximum Gasteiger partial charge on any atom is 0.421 e. The maximum atomic E-state index is 14.3. The van der Waals surface area contributed by atoms with E-state index in [1.807, 2.05) is 6.07 Å². The highest BCUT2D eigenvalue weighted by atomic mass is 31.2. The molecule has 1 fully saturated rings. The minimum absolute atomic E-state index is 0.0159. The lowest BCUT2D eigenvalue weighted by molar-refractivity contribution is -0.151. The number of hydrogen-bond donors (Lipinski definition) is 3. The molecule has 1 amide bonds. The van der Waals surface area contributed by atoms with E-state index in [9.17, 15) is 27.3 Å². The first-order chi connectivity index (χ1) is 24.7. The third kappa shape index (κ3) is 8.85. The fraction of sp³-hybridized carbons (Fsp3) is 0.486. The SMILES string of the molecule is CCOP(=O)(Cc1ccc(Nc2ncc(C(F)(F)F)c(Nc3ccc(C4CCC(OC(=O)C(C)N)CC4)c4c3C(=O)N(C)C4)n2)c(OC)c1)OCC. The number of benzene rings is 2. The molecule has 17 heteroatoms. The van der Waals surface area contributed by atoms with Gasteiger partial charge in [-0.25, -0.2) is 4.98 Å². The minimum Gasteiger partial charge on any atom is -0.495 e. The number of carbonyl (C=O) groups excluding carboxylic acids is 2. The number of hydrogen-bond acceptors (Lipinski definition) is 12. The van der Waals surface area contributed by atoms with E-state index < -0.39 is 37.2 Å². The van der Waals surface area contributed by atoms with Gasteiger partial charge in [-0.15, -0.1) is 0 Å². The van der Waals surface area contributed by atoms with Gasteiger partial charge >= 0.3 is 19.7 Å². The van der Waals surface area contributed by atoms with Crippen LogP contribution >= 0.6 is 7.60 Å². The predicted molar refractivity (Wildman–Crippen MR) is 188 cm³/mol. The molecular weight excluding hydrogens is 704 g/mol. The number of ether oxygens (including phenoxy) is 2. The zero-order valence-electron chi connectivity index (χ0n) is 29.7. The second-order valence-electron chi connectivity index (χ2n) is 12.8. The number of halogens is 3. The molecule has 1 saturated carbocycles. The summed E-state index contributed by atoms with van der Waals surface area (Å²) in [6, 6.07) is 7.60. The van der Waals surface area contributed by atoms with Crippen LogP contribution in [0.2, 0.25) is 0 Å². The number of methoxy groups -OCH3 is 1. The van der Waals surface area contributed by atoms with Crippen LogP contribution < -0.4 is 21.1 Å². The van der Waals surface area contributed by atoms with E-state index in [0.29, 0.717) is 55.4 Å². The van der Waals surface area contributed by atoms with Gasteiger partial charge in [0.2, 0.25) is 5.95 Å². The molecule has 1 aliphatic heterocycles. The molecule has 1 atom stereocenters. The average Bonchev–Trinajstić information content (AvgIpc) is 3.39. The fourth-order valence-corrected chi connectivity index (χ4v) is 8.19. The van der Waals surface area contributed by atoms with Crippen LogP contribution in [0.5, 0.6) is 5.75 Å². The zero-order chi connectivity index (χ0) is 37.8. The van der Waals surface area contributed by atoms with Gasteiger partial charge in [0.25, 0.3) is 5.91 Å². The summed E-state index contributed by atoms with van der Waals surface area (Å²) in [6.07, 6.45) is -1.75. The van der Waals surface area contributed by atoms with Crippen molar-refractivity contribution in [1.82, 2.24) is 14.9 Å². The molecule has 5 rings (SSSR count). The van der Waals surface area contributed by atoms with E-state index in [-0.39, 0.29) is 54.5 Å². The fourth-order valence-electron chi connectivity index (χ4n) is 6.50. The number of amides is 1. The molecule has 2 aliphatic rings. The number of carbonyl (C=O) groups is 2. The summed E-state index contributed by atoms with van der Waals surface area (Å²) >= 11 is 0. The Morgan fingerprint density at radius 2 is 1.75 bits per heavy atom. The van der Waals surface area contributed by atoms with E-state index in [0.717, 1.165) is 11.1 Å². The second kappa shape index (κ2) is 16.2. The lowest BCUT2D eigenvalue weighted by Crippen LogP contribution is -2.33. The number of anilines is 4. The molecule has 0 saturated heterocycles. The molecule has 1 aliphatic carbocycles. The highest BCUT2D eigenvalue weighted by molar-refractivity contribution is 7.53. The maximum absolute atomic E-state index is 14.3. The molecule has 1 unspecified atom stereocenters.